The molecule has 1 atom stereocenters. The number of rotatable bonds is 5. The van der Waals surface area contributed by atoms with Gasteiger partial charge < -0.3 is 10.3 Å². The molecule has 0 spiro atoms. The van der Waals surface area contributed by atoms with Crippen LogP contribution in [0.15, 0.2) is 17.8 Å². The van der Waals surface area contributed by atoms with Crippen molar-refractivity contribution in [1.29, 1.82) is 0 Å². The van der Waals surface area contributed by atoms with E-state index in [9.17, 15) is 0 Å². The Kier molecular flexibility index (Phi) is 3.91. The summed E-state index contributed by atoms with van der Waals surface area (Å²) in [4.78, 5) is 8.72. The quantitative estimate of drug-likeness (QED) is 0.878. The lowest BCUT2D eigenvalue weighted by Gasteiger charge is -2.09. The van der Waals surface area contributed by atoms with E-state index < -0.39 is 0 Å². The predicted octanol–water partition coefficient (Wildman–Crippen LogP) is 1.69. The summed E-state index contributed by atoms with van der Waals surface area (Å²) in [6.07, 6.45) is 6.53. The summed E-state index contributed by atoms with van der Waals surface area (Å²) in [5.74, 6) is 1.09. The number of imidazole rings is 1. The molecule has 0 fully saturated rings. The van der Waals surface area contributed by atoms with Gasteiger partial charge in [0.1, 0.15) is 5.82 Å². The first-order chi connectivity index (χ1) is 8.15. The molecule has 0 saturated heterocycles. The lowest BCUT2D eigenvalue weighted by atomic mass is 10.1. The SMILES string of the molecule is Cc1csc(CC(N)CCc2nccn2C)n1. The highest BCUT2D eigenvalue weighted by molar-refractivity contribution is 7.09. The van der Waals surface area contributed by atoms with Crippen LogP contribution >= 0.6 is 11.3 Å². The average molecular weight is 250 g/mol. The number of hydrogen-bond donors (Lipinski definition) is 1. The summed E-state index contributed by atoms with van der Waals surface area (Å²) in [7, 11) is 2.01. The van der Waals surface area contributed by atoms with Crippen molar-refractivity contribution in [3.8, 4) is 0 Å². The molecule has 2 rings (SSSR count). The Bertz CT molecular complexity index is 474. The van der Waals surface area contributed by atoms with Gasteiger partial charge in [0.25, 0.3) is 0 Å². The summed E-state index contributed by atoms with van der Waals surface area (Å²) in [5, 5.41) is 3.20. The molecule has 0 saturated carbocycles. The van der Waals surface area contributed by atoms with Gasteiger partial charge in [-0.2, -0.15) is 0 Å². The van der Waals surface area contributed by atoms with Gasteiger partial charge in [0.2, 0.25) is 0 Å². The van der Waals surface area contributed by atoms with E-state index in [-0.39, 0.29) is 6.04 Å². The minimum absolute atomic E-state index is 0.164. The molecule has 92 valence electrons. The maximum absolute atomic E-state index is 6.11. The molecular weight excluding hydrogens is 232 g/mol. The summed E-state index contributed by atoms with van der Waals surface area (Å²) in [5.41, 5.74) is 7.20. The highest BCUT2D eigenvalue weighted by atomic mass is 32.1. The molecule has 2 N–H and O–H groups in total. The largest absolute Gasteiger partial charge is 0.338 e. The number of hydrogen-bond acceptors (Lipinski definition) is 4. The molecule has 0 bridgehead atoms. The Labute approximate surface area is 106 Å². The Hall–Kier alpha value is -1.20. The Morgan fingerprint density at radius 3 is 2.94 bits per heavy atom. The van der Waals surface area contributed by atoms with Crippen LogP contribution < -0.4 is 5.73 Å². The fourth-order valence-electron chi connectivity index (χ4n) is 1.77. The number of aromatic nitrogens is 3. The maximum Gasteiger partial charge on any atom is 0.108 e. The van der Waals surface area contributed by atoms with Gasteiger partial charge in [-0.3, -0.25) is 0 Å². The van der Waals surface area contributed by atoms with Gasteiger partial charge in [-0.15, -0.1) is 11.3 Å². The molecule has 0 aliphatic carbocycles. The van der Waals surface area contributed by atoms with Crippen LogP contribution in [0.1, 0.15) is 22.9 Å². The second-order valence-electron chi connectivity index (χ2n) is 4.34. The highest BCUT2D eigenvalue weighted by Crippen LogP contribution is 2.12. The average Bonchev–Trinajstić information content (AvgIpc) is 2.85. The van der Waals surface area contributed by atoms with E-state index in [0.29, 0.717) is 0 Å². The number of nitrogens with zero attached hydrogens (tertiary/aromatic N) is 3. The predicted molar refractivity (Wildman–Crippen MR) is 70.1 cm³/mol. The summed E-state index contributed by atoms with van der Waals surface area (Å²) in [6.45, 7) is 2.01. The topological polar surface area (TPSA) is 56.7 Å². The monoisotopic (exact) mass is 250 g/mol. The van der Waals surface area contributed by atoms with Crippen LogP contribution in [0, 0.1) is 6.92 Å². The third kappa shape index (κ3) is 3.38. The molecule has 0 aliphatic rings. The molecule has 0 radical (unpaired) electrons. The third-order valence-electron chi connectivity index (χ3n) is 2.76. The van der Waals surface area contributed by atoms with Gasteiger partial charge in [-0.05, 0) is 13.3 Å². The van der Waals surface area contributed by atoms with Crippen LogP contribution in [0.4, 0.5) is 0 Å². The van der Waals surface area contributed by atoms with Crippen LogP contribution in [-0.2, 0) is 19.9 Å². The highest BCUT2D eigenvalue weighted by Gasteiger charge is 2.09. The molecule has 5 heteroatoms. The summed E-state index contributed by atoms with van der Waals surface area (Å²) < 4.78 is 2.04. The molecule has 2 aromatic heterocycles. The number of thiazole rings is 1. The van der Waals surface area contributed by atoms with Crippen molar-refractivity contribution in [3.05, 3.63) is 34.3 Å². The van der Waals surface area contributed by atoms with Crippen molar-refractivity contribution in [2.45, 2.75) is 32.2 Å². The zero-order chi connectivity index (χ0) is 12.3. The molecule has 4 nitrogen and oxygen atoms in total. The second kappa shape index (κ2) is 5.42. The molecular formula is C12H18N4S. The second-order valence-corrected chi connectivity index (χ2v) is 5.28. The fraction of sp³-hybridized carbons (Fsp3) is 0.500. The number of nitrogens with two attached hydrogens (primary N) is 1. The molecule has 17 heavy (non-hydrogen) atoms. The fourth-order valence-corrected chi connectivity index (χ4v) is 2.64. The first-order valence-corrected chi connectivity index (χ1v) is 6.66. The van der Waals surface area contributed by atoms with Gasteiger partial charge in [0, 0.05) is 49.4 Å². The van der Waals surface area contributed by atoms with Crippen molar-refractivity contribution < 1.29 is 0 Å². The first kappa shape index (κ1) is 12.3. The van der Waals surface area contributed by atoms with E-state index in [0.717, 1.165) is 35.8 Å². The minimum Gasteiger partial charge on any atom is -0.338 e. The van der Waals surface area contributed by atoms with Crippen LogP contribution in [0.5, 0.6) is 0 Å². The van der Waals surface area contributed by atoms with Gasteiger partial charge in [-0.1, -0.05) is 0 Å². The van der Waals surface area contributed by atoms with Gasteiger partial charge in [-0.25, -0.2) is 9.97 Å². The Morgan fingerprint density at radius 2 is 2.35 bits per heavy atom. The molecule has 2 aromatic rings. The lowest BCUT2D eigenvalue weighted by Crippen LogP contribution is -2.24. The van der Waals surface area contributed by atoms with Crippen LogP contribution in [-0.4, -0.2) is 20.6 Å². The standard InChI is InChI=1S/C12H18N4S/c1-9-8-17-12(15-9)7-10(13)3-4-11-14-5-6-16(11)2/h5-6,8,10H,3-4,7,13H2,1-2H3. The van der Waals surface area contributed by atoms with E-state index in [1.807, 2.05) is 30.9 Å². The van der Waals surface area contributed by atoms with Crippen molar-refractivity contribution in [2.75, 3.05) is 0 Å². The van der Waals surface area contributed by atoms with E-state index >= 15 is 0 Å². The van der Waals surface area contributed by atoms with E-state index in [4.69, 9.17) is 5.73 Å². The van der Waals surface area contributed by atoms with Gasteiger partial charge >= 0.3 is 0 Å². The Morgan fingerprint density at radius 1 is 1.53 bits per heavy atom. The zero-order valence-electron chi connectivity index (χ0n) is 10.3. The van der Waals surface area contributed by atoms with E-state index in [1.54, 1.807) is 11.3 Å². The number of aryl methyl sites for hydroxylation is 3. The van der Waals surface area contributed by atoms with Crippen LogP contribution in [0.2, 0.25) is 0 Å². The van der Waals surface area contributed by atoms with Crippen molar-refractivity contribution >= 4 is 11.3 Å². The molecule has 0 aromatic carbocycles. The third-order valence-corrected chi connectivity index (χ3v) is 3.75. The molecule has 0 aliphatic heterocycles. The van der Waals surface area contributed by atoms with E-state index in [1.165, 1.54) is 0 Å². The molecule has 2 heterocycles. The zero-order valence-corrected chi connectivity index (χ0v) is 11.1. The minimum atomic E-state index is 0.164. The van der Waals surface area contributed by atoms with Crippen LogP contribution in [0.3, 0.4) is 0 Å². The summed E-state index contributed by atoms with van der Waals surface area (Å²) >= 11 is 1.69. The van der Waals surface area contributed by atoms with Crippen molar-refractivity contribution in [2.24, 2.45) is 12.8 Å². The van der Waals surface area contributed by atoms with E-state index in [2.05, 4.69) is 15.3 Å². The van der Waals surface area contributed by atoms with Crippen molar-refractivity contribution in [1.82, 2.24) is 14.5 Å². The maximum atomic E-state index is 6.11. The van der Waals surface area contributed by atoms with Gasteiger partial charge in [0.15, 0.2) is 0 Å². The normalized spacial score (nSPS) is 12.9. The van der Waals surface area contributed by atoms with Gasteiger partial charge in [0.05, 0.1) is 5.01 Å². The summed E-state index contributed by atoms with van der Waals surface area (Å²) in [6, 6.07) is 0.164. The molecule has 1 unspecified atom stereocenters. The Balaban J connectivity index is 1.82. The lowest BCUT2D eigenvalue weighted by molar-refractivity contribution is 0.587. The molecule has 0 amide bonds. The first-order valence-electron chi connectivity index (χ1n) is 5.78. The van der Waals surface area contributed by atoms with Crippen molar-refractivity contribution in [3.63, 3.8) is 0 Å². The smallest absolute Gasteiger partial charge is 0.108 e. The van der Waals surface area contributed by atoms with Crippen LogP contribution in [0.25, 0.3) is 0 Å².